The molecule has 3 aliphatic heterocycles. The molecule has 0 unspecified atom stereocenters. The number of aliphatic imine (C=N–C) groups is 1. The molecule has 0 amide bonds. The Morgan fingerprint density at radius 2 is 2.00 bits per heavy atom. The second-order valence-corrected chi connectivity index (χ2v) is 9.16. The van der Waals surface area contributed by atoms with Gasteiger partial charge in [0, 0.05) is 48.4 Å². The number of anilines is 1. The van der Waals surface area contributed by atoms with Gasteiger partial charge in [-0.25, -0.2) is 0 Å². The van der Waals surface area contributed by atoms with E-state index in [1.54, 1.807) is 7.11 Å². The van der Waals surface area contributed by atoms with Crippen LogP contribution >= 0.6 is 11.8 Å². The molecule has 0 radical (unpaired) electrons. The average Bonchev–Trinajstić information content (AvgIpc) is 3.44. The van der Waals surface area contributed by atoms with Crippen LogP contribution in [-0.4, -0.2) is 47.0 Å². The van der Waals surface area contributed by atoms with Crippen LogP contribution in [0.15, 0.2) is 47.6 Å². The molecular weight excluding hydrogens is 368 g/mol. The quantitative estimate of drug-likeness (QED) is 0.774. The largest absolute Gasteiger partial charge is 0.496 e. The summed E-state index contributed by atoms with van der Waals surface area (Å²) in [5, 5.41) is 1.69. The number of amidine groups is 1. The molecule has 0 aliphatic carbocycles. The molecular formula is C22H26N4OS. The first-order valence-electron chi connectivity index (χ1n) is 10.1. The molecule has 3 atom stereocenters. The minimum absolute atomic E-state index is 0.00253. The maximum atomic E-state index is 5.89. The summed E-state index contributed by atoms with van der Waals surface area (Å²) < 4.78 is 5.89. The van der Waals surface area contributed by atoms with Crippen molar-refractivity contribution >= 4 is 22.6 Å². The molecule has 2 aromatic rings. The van der Waals surface area contributed by atoms with Crippen molar-refractivity contribution in [2.45, 2.75) is 37.1 Å². The molecule has 3 aliphatic rings. The number of pyridine rings is 1. The van der Waals surface area contributed by atoms with Crippen LogP contribution in [0, 0.1) is 0 Å². The number of hydrogen-bond donors (Lipinski definition) is 0. The van der Waals surface area contributed by atoms with Gasteiger partial charge in [0.05, 0.1) is 18.8 Å². The van der Waals surface area contributed by atoms with Crippen molar-refractivity contribution in [2.75, 3.05) is 31.6 Å². The van der Waals surface area contributed by atoms with Crippen LogP contribution in [0.4, 0.5) is 5.69 Å². The number of nitrogens with zero attached hydrogens (tertiary/aromatic N) is 4. The van der Waals surface area contributed by atoms with E-state index in [9.17, 15) is 0 Å². The molecule has 1 aromatic carbocycles. The van der Waals surface area contributed by atoms with Crippen LogP contribution in [0.5, 0.6) is 5.75 Å². The molecule has 2 saturated heterocycles. The van der Waals surface area contributed by atoms with E-state index in [2.05, 4.69) is 46.0 Å². The van der Waals surface area contributed by atoms with E-state index in [0.717, 1.165) is 36.2 Å². The van der Waals surface area contributed by atoms with Crippen molar-refractivity contribution in [2.24, 2.45) is 4.99 Å². The highest BCUT2D eigenvalue weighted by Gasteiger charge is 2.44. The molecule has 28 heavy (non-hydrogen) atoms. The zero-order valence-electron chi connectivity index (χ0n) is 16.4. The van der Waals surface area contributed by atoms with Gasteiger partial charge in [-0.1, -0.05) is 30.8 Å². The second kappa shape index (κ2) is 7.32. The fraction of sp³-hybridized carbons (Fsp3) is 0.455. The van der Waals surface area contributed by atoms with Gasteiger partial charge >= 0.3 is 0 Å². The van der Waals surface area contributed by atoms with Gasteiger partial charge in [0.2, 0.25) is 0 Å². The van der Waals surface area contributed by atoms with Gasteiger partial charge in [0.15, 0.2) is 5.17 Å². The lowest BCUT2D eigenvalue weighted by molar-refractivity contribution is 0.307. The van der Waals surface area contributed by atoms with E-state index in [0.29, 0.717) is 5.25 Å². The Morgan fingerprint density at radius 1 is 1.14 bits per heavy atom. The summed E-state index contributed by atoms with van der Waals surface area (Å²) in [6, 6.07) is 12.9. The van der Waals surface area contributed by atoms with Crippen LogP contribution < -0.4 is 9.64 Å². The summed E-state index contributed by atoms with van der Waals surface area (Å²) >= 11 is 1.87. The molecule has 0 saturated carbocycles. The molecule has 0 spiro atoms. The van der Waals surface area contributed by atoms with Crippen LogP contribution in [-0.2, 0) is 0 Å². The molecule has 5 nitrogen and oxygen atoms in total. The standard InChI is InChI=1S/C22H26N4OS/c1-15-14-26-21(20(24-22(26)28-15)18-7-3-4-10-23-18)17-9-8-16(13-19(17)27-2)25-11-5-6-12-25/h3-4,7-10,13,15,20-21H,5-6,11-12,14H2,1-2H3/t15-,20+,21-/m1/s1. The summed E-state index contributed by atoms with van der Waals surface area (Å²) in [6.07, 6.45) is 4.41. The van der Waals surface area contributed by atoms with E-state index in [1.165, 1.54) is 24.1 Å². The molecule has 4 heterocycles. The van der Waals surface area contributed by atoms with Crippen molar-refractivity contribution in [3.63, 3.8) is 0 Å². The van der Waals surface area contributed by atoms with Crippen LogP contribution in [0.25, 0.3) is 0 Å². The normalized spacial score (nSPS) is 26.5. The fourth-order valence-electron chi connectivity index (χ4n) is 4.57. The Hall–Kier alpha value is -2.21. The summed E-state index contributed by atoms with van der Waals surface area (Å²) in [6.45, 7) is 5.55. The van der Waals surface area contributed by atoms with Crippen molar-refractivity contribution < 1.29 is 4.74 Å². The molecule has 6 heteroatoms. The highest BCUT2D eigenvalue weighted by molar-refractivity contribution is 8.14. The van der Waals surface area contributed by atoms with E-state index in [-0.39, 0.29) is 12.1 Å². The van der Waals surface area contributed by atoms with E-state index in [4.69, 9.17) is 9.73 Å². The van der Waals surface area contributed by atoms with Crippen molar-refractivity contribution in [3.8, 4) is 5.75 Å². The highest BCUT2D eigenvalue weighted by atomic mass is 32.2. The number of aromatic nitrogens is 1. The molecule has 146 valence electrons. The third kappa shape index (κ3) is 3.04. The van der Waals surface area contributed by atoms with Crippen LogP contribution in [0.3, 0.4) is 0 Å². The van der Waals surface area contributed by atoms with Gasteiger partial charge < -0.3 is 14.5 Å². The maximum absolute atomic E-state index is 5.89. The number of benzene rings is 1. The Bertz CT molecular complexity index is 881. The van der Waals surface area contributed by atoms with Gasteiger partial charge in [-0.15, -0.1) is 0 Å². The lowest BCUT2D eigenvalue weighted by Gasteiger charge is -2.29. The maximum Gasteiger partial charge on any atom is 0.160 e. The predicted octanol–water partition coefficient (Wildman–Crippen LogP) is 4.28. The van der Waals surface area contributed by atoms with Gasteiger partial charge in [-0.05, 0) is 31.0 Å². The molecule has 0 bridgehead atoms. The highest BCUT2D eigenvalue weighted by Crippen LogP contribution is 2.50. The number of methoxy groups -OCH3 is 1. The van der Waals surface area contributed by atoms with E-state index in [1.807, 2.05) is 30.1 Å². The topological polar surface area (TPSA) is 41.0 Å². The molecule has 5 rings (SSSR count). The third-order valence-electron chi connectivity index (χ3n) is 5.89. The number of thioether (sulfide) groups is 1. The number of rotatable bonds is 4. The number of fused-ring (bicyclic) bond motifs is 1. The van der Waals surface area contributed by atoms with Gasteiger partial charge in [0.1, 0.15) is 11.8 Å². The Morgan fingerprint density at radius 3 is 2.75 bits per heavy atom. The van der Waals surface area contributed by atoms with Gasteiger partial charge in [0.25, 0.3) is 0 Å². The second-order valence-electron chi connectivity index (χ2n) is 7.76. The van der Waals surface area contributed by atoms with Crippen molar-refractivity contribution in [1.82, 2.24) is 9.88 Å². The minimum Gasteiger partial charge on any atom is -0.496 e. The first-order valence-corrected chi connectivity index (χ1v) is 11.0. The van der Waals surface area contributed by atoms with Crippen molar-refractivity contribution in [3.05, 3.63) is 53.9 Å². The Labute approximate surface area is 170 Å². The van der Waals surface area contributed by atoms with Gasteiger partial charge in [-0.3, -0.25) is 9.98 Å². The summed E-state index contributed by atoms with van der Waals surface area (Å²) in [4.78, 5) is 14.6. The monoisotopic (exact) mass is 394 g/mol. The summed E-state index contributed by atoms with van der Waals surface area (Å²) in [7, 11) is 1.78. The van der Waals surface area contributed by atoms with E-state index < -0.39 is 0 Å². The average molecular weight is 395 g/mol. The zero-order chi connectivity index (χ0) is 19.1. The number of ether oxygens (including phenoxy) is 1. The smallest absolute Gasteiger partial charge is 0.160 e. The number of hydrogen-bond acceptors (Lipinski definition) is 6. The lowest BCUT2D eigenvalue weighted by atomic mass is 9.95. The molecule has 2 fully saturated rings. The Balaban J connectivity index is 1.55. The minimum atomic E-state index is 0.00253. The first kappa shape index (κ1) is 17.9. The van der Waals surface area contributed by atoms with Gasteiger partial charge in [-0.2, -0.15) is 0 Å². The first-order chi connectivity index (χ1) is 13.7. The molecule has 1 aromatic heterocycles. The predicted molar refractivity (Wildman–Crippen MR) is 115 cm³/mol. The molecule has 0 N–H and O–H groups in total. The third-order valence-corrected chi connectivity index (χ3v) is 6.99. The van der Waals surface area contributed by atoms with Crippen LogP contribution in [0.2, 0.25) is 0 Å². The SMILES string of the molecule is COc1cc(N2CCCC2)ccc1[C@@H]1[C@H](c2ccccn2)N=C2S[C@H](C)CN21. The van der Waals surface area contributed by atoms with E-state index >= 15 is 0 Å². The van der Waals surface area contributed by atoms with Crippen molar-refractivity contribution in [1.29, 1.82) is 0 Å². The summed E-state index contributed by atoms with van der Waals surface area (Å²) in [5.74, 6) is 0.955. The Kier molecular flexibility index (Phi) is 4.67. The fourth-order valence-corrected chi connectivity index (χ4v) is 5.66. The lowest BCUT2D eigenvalue weighted by Crippen LogP contribution is -2.29. The zero-order valence-corrected chi connectivity index (χ0v) is 17.2. The van der Waals surface area contributed by atoms with Crippen LogP contribution in [0.1, 0.15) is 43.1 Å². The summed E-state index contributed by atoms with van der Waals surface area (Å²) in [5.41, 5.74) is 3.48.